The minimum Gasteiger partial charge on any atom is -0.465 e. The van der Waals surface area contributed by atoms with Crippen LogP contribution in [0.5, 0.6) is 0 Å². The molecule has 1 aromatic carbocycles. The van der Waals surface area contributed by atoms with Gasteiger partial charge in [-0.1, -0.05) is 18.6 Å². The molecule has 6 heteroatoms. The summed E-state index contributed by atoms with van der Waals surface area (Å²) in [6.07, 6.45) is 4.98. The van der Waals surface area contributed by atoms with Crippen LogP contribution in [0.3, 0.4) is 0 Å². The zero-order valence-electron chi connectivity index (χ0n) is 17.5. The van der Waals surface area contributed by atoms with Gasteiger partial charge in [-0.05, 0) is 61.9 Å². The average molecular weight is 409 g/mol. The highest BCUT2D eigenvalue weighted by Gasteiger charge is 2.30. The molecule has 6 nitrogen and oxygen atoms in total. The second-order valence-electron chi connectivity index (χ2n) is 8.33. The molecule has 0 bridgehead atoms. The van der Waals surface area contributed by atoms with Crippen molar-refractivity contribution in [2.45, 2.75) is 50.9 Å². The topological polar surface area (TPSA) is 76.8 Å². The first-order valence-corrected chi connectivity index (χ1v) is 10.6. The quantitative estimate of drug-likeness (QED) is 0.713. The van der Waals surface area contributed by atoms with Crippen molar-refractivity contribution >= 4 is 11.9 Å². The molecule has 2 aromatic rings. The van der Waals surface area contributed by atoms with E-state index < -0.39 is 5.63 Å². The number of piperidine rings is 1. The van der Waals surface area contributed by atoms with Gasteiger partial charge in [0.1, 0.15) is 11.3 Å². The summed E-state index contributed by atoms with van der Waals surface area (Å²) >= 11 is 0. The van der Waals surface area contributed by atoms with Gasteiger partial charge in [0.15, 0.2) is 0 Å². The second-order valence-corrected chi connectivity index (χ2v) is 8.33. The van der Waals surface area contributed by atoms with Gasteiger partial charge in [0.25, 0.3) is 5.91 Å². The molecule has 2 heterocycles. The molecule has 0 radical (unpaired) electrons. The summed E-state index contributed by atoms with van der Waals surface area (Å²) in [7, 11) is 1.36. The van der Waals surface area contributed by atoms with Crippen LogP contribution in [-0.2, 0) is 4.74 Å². The SMILES string of the molecule is COC(=O)c1cccc(C2CCCN(C(=O)c3c(C)cc(C4CCC4)oc3=O)C2)c1. The Bertz CT molecular complexity index is 1020. The molecule has 30 heavy (non-hydrogen) atoms. The van der Waals surface area contributed by atoms with E-state index in [1.807, 2.05) is 31.2 Å². The van der Waals surface area contributed by atoms with E-state index in [0.29, 0.717) is 35.9 Å². The zero-order valence-corrected chi connectivity index (χ0v) is 17.5. The van der Waals surface area contributed by atoms with E-state index in [-0.39, 0.29) is 23.4 Å². The summed E-state index contributed by atoms with van der Waals surface area (Å²) in [6, 6.07) is 9.22. The number of esters is 1. The first kappa shape index (κ1) is 20.4. The van der Waals surface area contributed by atoms with E-state index >= 15 is 0 Å². The fourth-order valence-electron chi connectivity index (χ4n) is 4.41. The predicted octanol–water partition coefficient (Wildman–Crippen LogP) is 4.02. The molecule has 2 fully saturated rings. The van der Waals surface area contributed by atoms with E-state index in [1.165, 1.54) is 7.11 Å². The molecule has 1 amide bonds. The highest BCUT2D eigenvalue weighted by Crippen LogP contribution is 2.36. The van der Waals surface area contributed by atoms with Gasteiger partial charge in [0.05, 0.1) is 12.7 Å². The fourth-order valence-corrected chi connectivity index (χ4v) is 4.41. The summed E-state index contributed by atoms with van der Waals surface area (Å²) in [5, 5.41) is 0. The van der Waals surface area contributed by atoms with Gasteiger partial charge in [0.2, 0.25) is 0 Å². The maximum absolute atomic E-state index is 13.2. The van der Waals surface area contributed by atoms with E-state index in [0.717, 1.165) is 37.7 Å². The zero-order chi connectivity index (χ0) is 21.3. The van der Waals surface area contributed by atoms with E-state index in [1.54, 1.807) is 11.0 Å². The lowest BCUT2D eigenvalue weighted by molar-refractivity contribution is 0.0599. The Balaban J connectivity index is 1.54. The monoisotopic (exact) mass is 409 g/mol. The van der Waals surface area contributed by atoms with Crippen LogP contribution in [0.2, 0.25) is 0 Å². The first-order valence-electron chi connectivity index (χ1n) is 10.6. The number of rotatable bonds is 4. The Hall–Kier alpha value is -2.89. The number of carbonyl (C=O) groups excluding carboxylic acids is 2. The molecule has 158 valence electrons. The molecular formula is C24H27NO5. The maximum atomic E-state index is 13.2. The Labute approximate surface area is 175 Å². The molecule has 4 rings (SSSR count). The molecule has 1 atom stereocenters. The molecule has 1 saturated heterocycles. The molecule has 1 aromatic heterocycles. The number of carbonyl (C=O) groups is 2. The molecule has 0 spiro atoms. The number of ether oxygens (including phenoxy) is 1. The summed E-state index contributed by atoms with van der Waals surface area (Å²) in [5.41, 5.74) is 1.80. The molecule has 1 aliphatic heterocycles. The summed E-state index contributed by atoms with van der Waals surface area (Å²) in [5.74, 6) is 0.475. The highest BCUT2D eigenvalue weighted by atomic mass is 16.5. The van der Waals surface area contributed by atoms with Gasteiger partial charge in [0, 0.05) is 24.9 Å². The number of amides is 1. The van der Waals surface area contributed by atoms with Crippen LogP contribution in [0.25, 0.3) is 0 Å². The van der Waals surface area contributed by atoms with Crippen LogP contribution >= 0.6 is 0 Å². The lowest BCUT2D eigenvalue weighted by atomic mass is 9.83. The van der Waals surface area contributed by atoms with Crippen LogP contribution in [0.1, 0.15) is 81.5 Å². The van der Waals surface area contributed by atoms with Crippen molar-refractivity contribution < 1.29 is 18.7 Å². The van der Waals surface area contributed by atoms with Gasteiger partial charge < -0.3 is 14.1 Å². The predicted molar refractivity (Wildman–Crippen MR) is 112 cm³/mol. The van der Waals surface area contributed by atoms with Crippen molar-refractivity contribution in [2.75, 3.05) is 20.2 Å². The molecule has 1 unspecified atom stereocenters. The third-order valence-corrected chi connectivity index (χ3v) is 6.38. The molecule has 0 N–H and O–H groups in total. The standard InChI is InChI=1S/C24H27NO5/c1-15-12-20(16-6-3-7-16)30-24(28)21(15)22(26)25-11-5-10-19(14-25)17-8-4-9-18(13-17)23(27)29-2/h4,8-9,12-13,16,19H,3,5-7,10-11,14H2,1-2H3. The number of likely N-dealkylation sites (tertiary alicyclic amines) is 1. The van der Waals surface area contributed by atoms with Crippen molar-refractivity contribution in [2.24, 2.45) is 0 Å². The van der Waals surface area contributed by atoms with Crippen LogP contribution in [-0.4, -0.2) is 37.0 Å². The molecule has 1 aliphatic carbocycles. The Morgan fingerprint density at radius 2 is 1.87 bits per heavy atom. The van der Waals surface area contributed by atoms with Gasteiger partial charge in [-0.25, -0.2) is 9.59 Å². The van der Waals surface area contributed by atoms with Gasteiger partial charge in [-0.2, -0.15) is 0 Å². The third kappa shape index (κ3) is 3.91. The number of methoxy groups -OCH3 is 1. The van der Waals surface area contributed by atoms with Crippen molar-refractivity contribution in [3.8, 4) is 0 Å². The van der Waals surface area contributed by atoms with Crippen molar-refractivity contribution in [3.63, 3.8) is 0 Å². The van der Waals surface area contributed by atoms with E-state index in [9.17, 15) is 14.4 Å². The average Bonchev–Trinajstić information content (AvgIpc) is 2.71. The lowest BCUT2D eigenvalue weighted by Gasteiger charge is -2.33. The van der Waals surface area contributed by atoms with Crippen LogP contribution < -0.4 is 5.63 Å². The van der Waals surface area contributed by atoms with E-state index in [2.05, 4.69) is 0 Å². The van der Waals surface area contributed by atoms with Gasteiger partial charge in [-0.15, -0.1) is 0 Å². The van der Waals surface area contributed by atoms with Crippen molar-refractivity contribution in [1.82, 2.24) is 4.90 Å². The summed E-state index contributed by atoms with van der Waals surface area (Å²) < 4.78 is 10.3. The van der Waals surface area contributed by atoms with Crippen molar-refractivity contribution in [1.29, 1.82) is 0 Å². The van der Waals surface area contributed by atoms with Crippen LogP contribution in [0.4, 0.5) is 0 Å². The molecule has 2 aliphatic rings. The largest absolute Gasteiger partial charge is 0.465 e. The third-order valence-electron chi connectivity index (χ3n) is 6.38. The number of nitrogens with zero attached hydrogens (tertiary/aromatic N) is 1. The molecular weight excluding hydrogens is 382 g/mol. The summed E-state index contributed by atoms with van der Waals surface area (Å²) in [4.78, 5) is 39.4. The smallest absolute Gasteiger partial charge is 0.349 e. The van der Waals surface area contributed by atoms with Crippen molar-refractivity contribution in [3.05, 3.63) is 68.8 Å². The number of aryl methyl sites for hydroxylation is 1. The maximum Gasteiger partial charge on any atom is 0.349 e. The lowest BCUT2D eigenvalue weighted by Crippen LogP contribution is -2.41. The Morgan fingerprint density at radius 1 is 1.10 bits per heavy atom. The normalized spacial score (nSPS) is 19.3. The van der Waals surface area contributed by atoms with Crippen LogP contribution in [0, 0.1) is 6.92 Å². The number of benzene rings is 1. The number of hydrogen-bond donors (Lipinski definition) is 0. The number of hydrogen-bond acceptors (Lipinski definition) is 5. The summed E-state index contributed by atoms with van der Waals surface area (Å²) in [6.45, 7) is 2.93. The Morgan fingerprint density at radius 3 is 2.53 bits per heavy atom. The Kier molecular flexibility index (Phi) is 5.75. The highest BCUT2D eigenvalue weighted by molar-refractivity contribution is 5.95. The van der Waals surface area contributed by atoms with E-state index in [4.69, 9.17) is 9.15 Å². The molecule has 1 saturated carbocycles. The minimum atomic E-state index is -0.531. The fraction of sp³-hybridized carbons (Fsp3) is 0.458. The first-order chi connectivity index (χ1) is 14.5. The van der Waals surface area contributed by atoms with Gasteiger partial charge in [-0.3, -0.25) is 4.79 Å². The van der Waals surface area contributed by atoms with Gasteiger partial charge >= 0.3 is 11.6 Å². The minimum absolute atomic E-state index is 0.105. The van der Waals surface area contributed by atoms with Crippen LogP contribution in [0.15, 0.2) is 39.5 Å². The second kappa shape index (κ2) is 8.46.